The molecule has 0 amide bonds. The Bertz CT molecular complexity index is 1590. The monoisotopic (exact) mass is 623 g/mol. The highest BCUT2D eigenvalue weighted by molar-refractivity contribution is 6.03. The van der Waals surface area contributed by atoms with E-state index in [-0.39, 0.29) is 42.2 Å². The molecule has 4 atom stereocenters. The Kier molecular flexibility index (Phi) is 7.92. The molecule has 1 fully saturated rings. The molecule has 0 radical (unpaired) electrons. The SMILES string of the molecule is CN(CC(=O)O)C1(C)CN(Cc2cc3c(cn2)C(=O)C2C=CC=CC2O3)CCN(Cc2cc3c(cn2)C(=O)C2C=CC=CC2O3)C1. The van der Waals surface area contributed by atoms with E-state index in [0.29, 0.717) is 61.9 Å². The lowest BCUT2D eigenvalue weighted by atomic mass is 9.87. The van der Waals surface area contributed by atoms with E-state index in [4.69, 9.17) is 9.47 Å². The number of carbonyl (C=O) groups excluding carboxylic acids is 2. The average Bonchev–Trinajstić information content (AvgIpc) is 3.19. The summed E-state index contributed by atoms with van der Waals surface area (Å²) < 4.78 is 12.4. The first-order valence-corrected chi connectivity index (χ1v) is 15.6. The van der Waals surface area contributed by atoms with Gasteiger partial charge in [-0.1, -0.05) is 36.5 Å². The number of carboxylic acids is 1. The van der Waals surface area contributed by atoms with Gasteiger partial charge in [0.2, 0.25) is 0 Å². The van der Waals surface area contributed by atoms with E-state index in [9.17, 15) is 19.5 Å². The van der Waals surface area contributed by atoms with Crippen LogP contribution in [0.15, 0.2) is 73.1 Å². The topological polar surface area (TPSA) is 125 Å². The summed E-state index contributed by atoms with van der Waals surface area (Å²) >= 11 is 0. The van der Waals surface area contributed by atoms with Crippen molar-refractivity contribution in [2.75, 3.05) is 39.8 Å². The number of aliphatic carboxylic acids is 1. The number of hydrogen-bond acceptors (Lipinski definition) is 10. The molecule has 1 saturated heterocycles. The smallest absolute Gasteiger partial charge is 0.317 e. The lowest BCUT2D eigenvalue weighted by Crippen LogP contribution is -2.56. The fourth-order valence-corrected chi connectivity index (χ4v) is 7.03. The summed E-state index contributed by atoms with van der Waals surface area (Å²) in [5, 5.41) is 9.64. The summed E-state index contributed by atoms with van der Waals surface area (Å²) in [5.41, 5.74) is 2.02. The number of likely N-dealkylation sites (N-methyl/N-ethyl adjacent to an activating group) is 1. The number of aromatic nitrogens is 2. The maximum atomic E-state index is 13.1. The highest BCUT2D eigenvalue weighted by atomic mass is 16.5. The molecule has 3 aliphatic heterocycles. The van der Waals surface area contributed by atoms with Crippen LogP contribution in [0.25, 0.3) is 0 Å². The maximum Gasteiger partial charge on any atom is 0.317 e. The quantitative estimate of drug-likeness (QED) is 0.490. The van der Waals surface area contributed by atoms with Gasteiger partial charge < -0.3 is 14.6 Å². The Labute approximate surface area is 267 Å². The first kappa shape index (κ1) is 30.2. The molecule has 46 heavy (non-hydrogen) atoms. The zero-order chi connectivity index (χ0) is 32.0. The number of fused-ring (bicyclic) bond motifs is 4. The molecule has 0 aromatic carbocycles. The summed E-state index contributed by atoms with van der Waals surface area (Å²) in [4.78, 5) is 53.6. The number of hydrogen-bond donors (Lipinski definition) is 1. The van der Waals surface area contributed by atoms with E-state index in [1.54, 1.807) is 12.4 Å². The predicted molar refractivity (Wildman–Crippen MR) is 169 cm³/mol. The second-order valence-electron chi connectivity index (χ2n) is 13.0. The van der Waals surface area contributed by atoms with E-state index in [0.717, 1.165) is 11.4 Å². The first-order chi connectivity index (χ1) is 22.2. The fraction of sp³-hybridized carbons (Fsp3) is 0.400. The Balaban J connectivity index is 1.10. The molecule has 11 heteroatoms. The number of ketones is 2. The summed E-state index contributed by atoms with van der Waals surface area (Å²) in [6.07, 6.45) is 17.7. The van der Waals surface area contributed by atoms with Crippen LogP contribution in [0.5, 0.6) is 11.5 Å². The van der Waals surface area contributed by atoms with Crippen LogP contribution in [-0.4, -0.2) is 105 Å². The zero-order valence-electron chi connectivity index (χ0n) is 25.9. The Hall–Kier alpha value is -4.45. The molecule has 5 aliphatic rings. The highest BCUT2D eigenvalue weighted by Crippen LogP contribution is 2.35. The molecule has 0 saturated carbocycles. The Morgan fingerprint density at radius 3 is 1.76 bits per heavy atom. The van der Waals surface area contributed by atoms with Crippen LogP contribution in [0.4, 0.5) is 0 Å². The molecule has 7 rings (SSSR count). The zero-order valence-corrected chi connectivity index (χ0v) is 25.9. The minimum absolute atomic E-state index is 0.0107. The van der Waals surface area contributed by atoms with Crippen molar-refractivity contribution in [3.8, 4) is 11.5 Å². The number of pyridine rings is 2. The van der Waals surface area contributed by atoms with Crippen molar-refractivity contribution in [2.45, 2.75) is 37.8 Å². The van der Waals surface area contributed by atoms with Crippen LogP contribution >= 0.6 is 0 Å². The van der Waals surface area contributed by atoms with Crippen molar-refractivity contribution >= 4 is 17.5 Å². The highest BCUT2D eigenvalue weighted by Gasteiger charge is 2.39. The molecular weight excluding hydrogens is 586 g/mol. The van der Waals surface area contributed by atoms with Crippen molar-refractivity contribution in [3.05, 3.63) is 95.6 Å². The molecule has 1 N–H and O–H groups in total. The maximum absolute atomic E-state index is 13.1. The molecule has 2 aromatic heterocycles. The van der Waals surface area contributed by atoms with Crippen molar-refractivity contribution < 1.29 is 29.0 Å². The van der Waals surface area contributed by atoms with E-state index in [2.05, 4.69) is 26.7 Å². The van der Waals surface area contributed by atoms with E-state index < -0.39 is 11.5 Å². The molecule has 5 heterocycles. The van der Waals surface area contributed by atoms with Crippen LogP contribution in [0.3, 0.4) is 0 Å². The lowest BCUT2D eigenvalue weighted by molar-refractivity contribution is -0.139. The van der Waals surface area contributed by atoms with Crippen molar-refractivity contribution in [3.63, 3.8) is 0 Å². The molecule has 238 valence electrons. The van der Waals surface area contributed by atoms with Gasteiger partial charge in [-0.2, -0.15) is 0 Å². The standard InChI is InChI=1S/C35H37N5O6/c1-35(38(2)19-32(41)42)20-39(17-22-13-30-26(15-36-22)33(43)24-7-3-5-9-28(24)45-30)11-12-40(21-35)18-23-14-31-27(16-37-23)34(44)25-8-4-6-10-29(25)46-31/h3-10,13-16,24-25,28-29H,11-12,17-21H2,1-2H3,(H,41,42). The number of allylic oxidation sites excluding steroid dienone is 4. The van der Waals surface area contributed by atoms with Crippen LogP contribution in [0.1, 0.15) is 39.0 Å². The van der Waals surface area contributed by atoms with Crippen LogP contribution in [0, 0.1) is 11.8 Å². The van der Waals surface area contributed by atoms with Crippen LogP contribution in [-0.2, 0) is 17.9 Å². The van der Waals surface area contributed by atoms with E-state index >= 15 is 0 Å². The van der Waals surface area contributed by atoms with Gasteiger partial charge in [0.05, 0.1) is 40.9 Å². The van der Waals surface area contributed by atoms with Gasteiger partial charge in [0.25, 0.3) is 0 Å². The number of Topliss-reactive ketones (excluding diaryl/α,β-unsaturated/α-hetero) is 2. The van der Waals surface area contributed by atoms with Gasteiger partial charge in [-0.25, -0.2) is 0 Å². The van der Waals surface area contributed by atoms with Gasteiger partial charge in [-0.15, -0.1) is 0 Å². The van der Waals surface area contributed by atoms with Crippen LogP contribution in [0.2, 0.25) is 0 Å². The largest absolute Gasteiger partial charge is 0.484 e. The van der Waals surface area contributed by atoms with Gasteiger partial charge in [0.15, 0.2) is 11.6 Å². The minimum Gasteiger partial charge on any atom is -0.484 e. The second kappa shape index (κ2) is 12.1. The third kappa shape index (κ3) is 5.81. The summed E-state index contributed by atoms with van der Waals surface area (Å²) in [6.45, 7) is 5.60. The van der Waals surface area contributed by atoms with Gasteiger partial charge in [-0.3, -0.25) is 39.1 Å². The number of ether oxygens (including phenoxy) is 2. The molecular formula is C35H37N5O6. The number of rotatable bonds is 7. The van der Waals surface area contributed by atoms with Crippen molar-refractivity contribution in [1.82, 2.24) is 24.7 Å². The normalized spacial score (nSPS) is 28.5. The first-order valence-electron chi connectivity index (χ1n) is 15.6. The third-order valence-corrected chi connectivity index (χ3v) is 9.60. The van der Waals surface area contributed by atoms with Gasteiger partial charge >= 0.3 is 5.97 Å². The molecule has 2 aromatic rings. The molecule has 0 bridgehead atoms. The Morgan fingerprint density at radius 1 is 0.848 bits per heavy atom. The lowest BCUT2D eigenvalue weighted by Gasteiger charge is -2.41. The minimum atomic E-state index is -0.891. The van der Waals surface area contributed by atoms with Gasteiger partial charge in [0, 0.05) is 69.3 Å². The van der Waals surface area contributed by atoms with Gasteiger partial charge in [0.1, 0.15) is 23.7 Å². The van der Waals surface area contributed by atoms with Gasteiger partial charge in [-0.05, 0) is 26.1 Å². The van der Waals surface area contributed by atoms with Crippen LogP contribution < -0.4 is 9.47 Å². The number of carboxylic acid groups (broad SMARTS) is 1. The third-order valence-electron chi connectivity index (χ3n) is 9.60. The Morgan fingerprint density at radius 2 is 1.30 bits per heavy atom. The summed E-state index contributed by atoms with van der Waals surface area (Å²) in [6, 6.07) is 3.72. The summed E-state index contributed by atoms with van der Waals surface area (Å²) in [7, 11) is 1.84. The summed E-state index contributed by atoms with van der Waals surface area (Å²) in [5.74, 6) is -0.443. The molecule has 4 unspecified atom stereocenters. The molecule has 11 nitrogen and oxygen atoms in total. The fourth-order valence-electron chi connectivity index (χ4n) is 7.03. The van der Waals surface area contributed by atoms with Crippen molar-refractivity contribution in [1.29, 1.82) is 0 Å². The van der Waals surface area contributed by atoms with E-state index in [1.165, 1.54) is 0 Å². The number of nitrogens with zero attached hydrogens (tertiary/aromatic N) is 5. The van der Waals surface area contributed by atoms with Crippen molar-refractivity contribution in [2.24, 2.45) is 11.8 Å². The number of carbonyl (C=O) groups is 3. The molecule has 0 spiro atoms. The second-order valence-corrected chi connectivity index (χ2v) is 13.0. The predicted octanol–water partition coefficient (Wildman–Crippen LogP) is 2.94. The molecule has 2 aliphatic carbocycles. The van der Waals surface area contributed by atoms with E-state index in [1.807, 2.05) is 72.7 Å². The average molecular weight is 624 g/mol.